The predicted octanol–water partition coefficient (Wildman–Crippen LogP) is 3.89. The summed E-state index contributed by atoms with van der Waals surface area (Å²) in [7, 11) is 0. The highest BCUT2D eigenvalue weighted by Gasteiger charge is 2.27. The van der Waals surface area contributed by atoms with E-state index in [0.29, 0.717) is 12.8 Å². The summed E-state index contributed by atoms with van der Waals surface area (Å²) in [4.78, 5) is 53.6. The smallest absolute Gasteiger partial charge is 0.356 e. The van der Waals surface area contributed by atoms with Crippen molar-refractivity contribution in [3.05, 3.63) is 95.8 Å². The molecule has 9 nitrogen and oxygen atoms in total. The Balaban J connectivity index is 1.86. The maximum absolute atomic E-state index is 13.4. The number of esters is 1. The van der Waals surface area contributed by atoms with Crippen LogP contribution in [0.1, 0.15) is 48.7 Å². The van der Waals surface area contributed by atoms with Crippen LogP contribution in [-0.4, -0.2) is 40.3 Å². The van der Waals surface area contributed by atoms with Gasteiger partial charge in [0.15, 0.2) is 0 Å². The summed E-state index contributed by atoms with van der Waals surface area (Å²) in [6, 6.07) is 22.3. The number of aromatic nitrogens is 1. The Bertz CT molecular complexity index is 1270. The number of nitrogens with two attached hydrogens (primary N) is 1. The number of aromatic amines is 1. The van der Waals surface area contributed by atoms with E-state index in [1.165, 1.54) is 6.08 Å². The molecule has 0 saturated heterocycles. The van der Waals surface area contributed by atoms with Crippen LogP contribution in [-0.2, 0) is 25.5 Å². The highest BCUT2D eigenvalue weighted by molar-refractivity contribution is 5.98. The van der Waals surface area contributed by atoms with Crippen molar-refractivity contribution >= 4 is 23.7 Å². The Hall–Kier alpha value is -4.66. The first kappa shape index (κ1) is 27.9. The second-order valence-electron chi connectivity index (χ2n) is 8.48. The number of nitrogens with one attached hydrogen (secondary N) is 2. The number of amides is 3. The standard InChI is InChI=1S/C29H32N4O5/c1-2-38-29(37)25(15-9-10-16-26(30)34)33(27(35)20-17-21-11-5-3-6-12-21)32-28(36)24-19-18-23(31-24)22-13-7-4-8-14-22/h3-8,11-15,18-19,31H,2,9-10,16-17,20H2,1H3,(H2,30,34)(H,32,36)/b25-15-. The second kappa shape index (κ2) is 14.2. The molecule has 0 radical (unpaired) electrons. The molecule has 2 aromatic carbocycles. The van der Waals surface area contributed by atoms with Gasteiger partial charge in [-0.05, 0) is 49.4 Å². The van der Waals surface area contributed by atoms with Crippen LogP contribution >= 0.6 is 0 Å². The lowest BCUT2D eigenvalue weighted by molar-refractivity contribution is -0.145. The van der Waals surface area contributed by atoms with E-state index < -0.39 is 23.7 Å². The minimum atomic E-state index is -0.767. The molecule has 1 heterocycles. The maximum atomic E-state index is 13.4. The third-order valence-electron chi connectivity index (χ3n) is 5.64. The van der Waals surface area contributed by atoms with E-state index in [1.807, 2.05) is 60.7 Å². The molecule has 0 fully saturated rings. The lowest BCUT2D eigenvalue weighted by Gasteiger charge is -2.25. The zero-order chi connectivity index (χ0) is 27.3. The molecule has 9 heteroatoms. The minimum Gasteiger partial charge on any atom is -0.461 e. The van der Waals surface area contributed by atoms with Crippen molar-refractivity contribution in [2.45, 2.75) is 39.0 Å². The number of unbranched alkanes of at least 4 members (excludes halogenated alkanes) is 1. The van der Waals surface area contributed by atoms with E-state index in [0.717, 1.165) is 21.8 Å². The summed E-state index contributed by atoms with van der Waals surface area (Å²) < 4.78 is 5.17. The molecule has 0 saturated carbocycles. The van der Waals surface area contributed by atoms with Crippen LogP contribution in [0.5, 0.6) is 0 Å². The van der Waals surface area contributed by atoms with Gasteiger partial charge in [-0.25, -0.2) is 9.80 Å². The van der Waals surface area contributed by atoms with Gasteiger partial charge in [0, 0.05) is 18.5 Å². The van der Waals surface area contributed by atoms with Crippen molar-refractivity contribution < 1.29 is 23.9 Å². The highest BCUT2D eigenvalue weighted by atomic mass is 16.5. The molecule has 4 N–H and O–H groups in total. The zero-order valence-electron chi connectivity index (χ0n) is 21.3. The van der Waals surface area contributed by atoms with E-state index in [2.05, 4.69) is 10.4 Å². The Morgan fingerprint density at radius 1 is 0.947 bits per heavy atom. The van der Waals surface area contributed by atoms with Gasteiger partial charge in [0.1, 0.15) is 11.4 Å². The van der Waals surface area contributed by atoms with Crippen molar-refractivity contribution in [2.24, 2.45) is 5.73 Å². The van der Waals surface area contributed by atoms with Crippen LogP contribution in [0.25, 0.3) is 11.3 Å². The van der Waals surface area contributed by atoms with Crippen molar-refractivity contribution in [3.63, 3.8) is 0 Å². The zero-order valence-corrected chi connectivity index (χ0v) is 21.3. The van der Waals surface area contributed by atoms with E-state index in [-0.39, 0.29) is 37.3 Å². The molecule has 198 valence electrons. The maximum Gasteiger partial charge on any atom is 0.356 e. The number of primary amides is 1. The number of hydrogen-bond acceptors (Lipinski definition) is 5. The Labute approximate surface area is 221 Å². The summed E-state index contributed by atoms with van der Waals surface area (Å²) in [6.45, 7) is 1.72. The Morgan fingerprint density at radius 3 is 2.29 bits per heavy atom. The van der Waals surface area contributed by atoms with Crippen molar-refractivity contribution in [1.29, 1.82) is 0 Å². The number of ether oxygens (including phenoxy) is 1. The monoisotopic (exact) mass is 516 g/mol. The van der Waals surface area contributed by atoms with Crippen molar-refractivity contribution in [1.82, 2.24) is 15.4 Å². The number of benzene rings is 2. The number of hydrazine groups is 1. The molecule has 38 heavy (non-hydrogen) atoms. The number of carbonyl (C=O) groups excluding carboxylic acids is 4. The third-order valence-corrected chi connectivity index (χ3v) is 5.64. The molecule has 0 spiro atoms. The largest absolute Gasteiger partial charge is 0.461 e. The average molecular weight is 517 g/mol. The number of allylic oxidation sites excluding steroid dienone is 1. The van der Waals surface area contributed by atoms with Crippen LogP contribution in [0, 0.1) is 0 Å². The second-order valence-corrected chi connectivity index (χ2v) is 8.48. The summed E-state index contributed by atoms with van der Waals surface area (Å²) in [6.07, 6.45) is 2.68. The van der Waals surface area contributed by atoms with Crippen LogP contribution in [0.2, 0.25) is 0 Å². The molecule has 0 unspecified atom stereocenters. The van der Waals surface area contributed by atoms with Crippen LogP contribution in [0.3, 0.4) is 0 Å². The fourth-order valence-corrected chi connectivity index (χ4v) is 3.73. The fourth-order valence-electron chi connectivity index (χ4n) is 3.73. The SMILES string of the molecule is CCOC(=O)/C(=C/CCCC(N)=O)N(NC(=O)c1ccc(-c2ccccc2)[nH]1)C(=O)CCc1ccccc1. The molecule has 3 rings (SSSR count). The fraction of sp³-hybridized carbons (Fsp3) is 0.241. The lowest BCUT2D eigenvalue weighted by Crippen LogP contribution is -2.47. The predicted molar refractivity (Wildman–Crippen MR) is 143 cm³/mol. The minimum absolute atomic E-state index is 0.0301. The van der Waals surface area contributed by atoms with Gasteiger partial charge >= 0.3 is 5.97 Å². The number of H-pyrrole nitrogens is 1. The normalized spacial score (nSPS) is 11.0. The number of nitrogens with zero attached hydrogens (tertiary/aromatic N) is 1. The van der Waals surface area contributed by atoms with Gasteiger partial charge in [0.25, 0.3) is 5.91 Å². The Morgan fingerprint density at radius 2 is 1.63 bits per heavy atom. The van der Waals surface area contributed by atoms with Crippen LogP contribution < -0.4 is 11.2 Å². The Kier molecular flexibility index (Phi) is 10.4. The van der Waals surface area contributed by atoms with E-state index in [9.17, 15) is 19.2 Å². The molecule has 1 aromatic heterocycles. The first-order valence-electron chi connectivity index (χ1n) is 12.5. The lowest BCUT2D eigenvalue weighted by atomic mass is 10.1. The summed E-state index contributed by atoms with van der Waals surface area (Å²) in [5.74, 6) is -2.34. The number of carbonyl (C=O) groups is 4. The third kappa shape index (κ3) is 8.19. The van der Waals surface area contributed by atoms with Crippen LogP contribution in [0.4, 0.5) is 0 Å². The number of aryl methyl sites for hydroxylation is 1. The summed E-state index contributed by atoms with van der Waals surface area (Å²) >= 11 is 0. The van der Waals surface area contributed by atoms with Gasteiger partial charge in [-0.15, -0.1) is 0 Å². The van der Waals surface area contributed by atoms with Gasteiger partial charge in [-0.1, -0.05) is 66.7 Å². The molecule has 0 bridgehead atoms. The van der Waals surface area contributed by atoms with E-state index in [1.54, 1.807) is 19.1 Å². The van der Waals surface area contributed by atoms with Crippen LogP contribution in [0.15, 0.2) is 84.6 Å². The summed E-state index contributed by atoms with van der Waals surface area (Å²) in [5, 5.41) is 0.941. The van der Waals surface area contributed by atoms with Gasteiger partial charge < -0.3 is 15.5 Å². The van der Waals surface area contributed by atoms with E-state index >= 15 is 0 Å². The molecular formula is C29H32N4O5. The molecule has 0 aliphatic rings. The average Bonchev–Trinajstić information content (AvgIpc) is 3.42. The van der Waals surface area contributed by atoms with E-state index in [4.69, 9.17) is 10.5 Å². The molecule has 3 amide bonds. The molecule has 0 aliphatic carbocycles. The molecule has 3 aromatic rings. The molecule has 0 atom stereocenters. The topological polar surface area (TPSA) is 135 Å². The molecule has 0 aliphatic heterocycles. The first-order valence-corrected chi connectivity index (χ1v) is 12.5. The van der Waals surface area contributed by atoms with Gasteiger partial charge in [-0.3, -0.25) is 19.8 Å². The van der Waals surface area contributed by atoms with Gasteiger partial charge in [0.2, 0.25) is 11.8 Å². The molecular weight excluding hydrogens is 484 g/mol. The van der Waals surface area contributed by atoms with Crippen molar-refractivity contribution in [3.8, 4) is 11.3 Å². The first-order chi connectivity index (χ1) is 18.4. The van der Waals surface area contributed by atoms with Crippen molar-refractivity contribution in [2.75, 3.05) is 6.61 Å². The number of rotatable bonds is 12. The highest BCUT2D eigenvalue weighted by Crippen LogP contribution is 2.19. The quantitative estimate of drug-likeness (QED) is 0.145. The van der Waals surface area contributed by atoms with Gasteiger partial charge in [0.05, 0.1) is 6.61 Å². The number of hydrogen-bond donors (Lipinski definition) is 3. The van der Waals surface area contributed by atoms with Gasteiger partial charge in [-0.2, -0.15) is 0 Å². The summed E-state index contributed by atoms with van der Waals surface area (Å²) in [5.41, 5.74) is 10.4.